The molecule has 1 aromatic rings. The van der Waals surface area contributed by atoms with Gasteiger partial charge in [0.15, 0.2) is 5.79 Å². The highest BCUT2D eigenvalue weighted by molar-refractivity contribution is 6.42. The van der Waals surface area contributed by atoms with Crippen molar-refractivity contribution in [2.24, 2.45) is 5.92 Å². The van der Waals surface area contributed by atoms with E-state index in [1.165, 1.54) is 24.8 Å². The Balaban J connectivity index is 1.94. The van der Waals surface area contributed by atoms with E-state index in [1.807, 2.05) is 6.07 Å². The fourth-order valence-corrected chi connectivity index (χ4v) is 5.12. The third-order valence-electron chi connectivity index (χ3n) is 6.12. The van der Waals surface area contributed by atoms with Gasteiger partial charge in [-0.1, -0.05) is 56.0 Å². The highest BCUT2D eigenvalue weighted by Gasteiger charge is 2.49. The van der Waals surface area contributed by atoms with E-state index in [-0.39, 0.29) is 11.2 Å². The fraction of sp³-hybridized carbons (Fsp3) is 0.700. The highest BCUT2D eigenvalue weighted by atomic mass is 35.5. The molecule has 4 heteroatoms. The first-order valence-electron chi connectivity index (χ1n) is 9.29. The SMILES string of the molecule is CCCC(CC)C1(c2ccc(Cl)c(Cl)c2)CCC2(CC1)OCCO2. The number of halogens is 2. The Hall–Kier alpha value is -0.280. The predicted octanol–water partition coefficient (Wildman–Crippen LogP) is 6.37. The van der Waals surface area contributed by atoms with E-state index in [1.54, 1.807) is 0 Å². The van der Waals surface area contributed by atoms with Crippen LogP contribution >= 0.6 is 23.2 Å². The van der Waals surface area contributed by atoms with Gasteiger partial charge in [-0.05, 0) is 48.3 Å². The van der Waals surface area contributed by atoms with Crippen molar-refractivity contribution < 1.29 is 9.47 Å². The van der Waals surface area contributed by atoms with Gasteiger partial charge in [0.2, 0.25) is 0 Å². The molecule has 2 nitrogen and oxygen atoms in total. The molecule has 2 fully saturated rings. The van der Waals surface area contributed by atoms with Crippen LogP contribution in [0.15, 0.2) is 18.2 Å². The van der Waals surface area contributed by atoms with Gasteiger partial charge in [-0.25, -0.2) is 0 Å². The van der Waals surface area contributed by atoms with Gasteiger partial charge in [0, 0.05) is 12.8 Å². The third kappa shape index (κ3) is 3.35. The summed E-state index contributed by atoms with van der Waals surface area (Å²) in [5.74, 6) is 0.322. The summed E-state index contributed by atoms with van der Waals surface area (Å²) in [6.07, 6.45) is 7.74. The minimum absolute atomic E-state index is 0.152. The Morgan fingerprint density at radius 1 is 1.00 bits per heavy atom. The van der Waals surface area contributed by atoms with Crippen molar-refractivity contribution in [1.82, 2.24) is 0 Å². The van der Waals surface area contributed by atoms with E-state index < -0.39 is 0 Å². The molecule has 0 bridgehead atoms. The monoisotopic (exact) mass is 370 g/mol. The van der Waals surface area contributed by atoms with Crippen molar-refractivity contribution >= 4 is 23.2 Å². The first-order chi connectivity index (χ1) is 11.6. The van der Waals surface area contributed by atoms with Crippen LogP contribution in [-0.2, 0) is 14.9 Å². The predicted molar refractivity (Wildman–Crippen MR) is 99.9 cm³/mol. The van der Waals surface area contributed by atoms with Gasteiger partial charge in [0.05, 0.1) is 23.3 Å². The van der Waals surface area contributed by atoms with E-state index in [0.29, 0.717) is 16.0 Å². The van der Waals surface area contributed by atoms with Gasteiger partial charge in [-0.2, -0.15) is 0 Å². The summed E-state index contributed by atoms with van der Waals surface area (Å²) in [4.78, 5) is 0. The van der Waals surface area contributed by atoms with Crippen molar-refractivity contribution in [2.75, 3.05) is 13.2 Å². The molecule has 1 aliphatic carbocycles. The fourth-order valence-electron chi connectivity index (χ4n) is 4.82. The Morgan fingerprint density at radius 3 is 2.21 bits per heavy atom. The third-order valence-corrected chi connectivity index (χ3v) is 6.86. The lowest BCUT2D eigenvalue weighted by Crippen LogP contribution is -2.46. The minimum Gasteiger partial charge on any atom is -0.348 e. The van der Waals surface area contributed by atoms with Crippen LogP contribution in [-0.4, -0.2) is 19.0 Å². The normalized spacial score (nSPS) is 23.5. The van der Waals surface area contributed by atoms with Gasteiger partial charge in [0.1, 0.15) is 0 Å². The van der Waals surface area contributed by atoms with Crippen molar-refractivity contribution in [3.63, 3.8) is 0 Å². The van der Waals surface area contributed by atoms with Gasteiger partial charge in [-0.3, -0.25) is 0 Å². The lowest BCUT2D eigenvalue weighted by Gasteiger charge is -2.48. The van der Waals surface area contributed by atoms with Gasteiger partial charge < -0.3 is 9.47 Å². The zero-order chi connectivity index (χ0) is 17.2. The largest absolute Gasteiger partial charge is 0.348 e. The average Bonchev–Trinajstić information content (AvgIpc) is 3.05. The van der Waals surface area contributed by atoms with Crippen molar-refractivity contribution in [3.8, 4) is 0 Å². The number of rotatable bonds is 5. The van der Waals surface area contributed by atoms with Crippen LogP contribution in [0, 0.1) is 5.92 Å². The molecule has 24 heavy (non-hydrogen) atoms. The van der Waals surface area contributed by atoms with Crippen LogP contribution in [0.2, 0.25) is 10.0 Å². The maximum Gasteiger partial charge on any atom is 0.168 e. The zero-order valence-corrected chi connectivity index (χ0v) is 16.3. The van der Waals surface area contributed by atoms with Gasteiger partial charge >= 0.3 is 0 Å². The number of hydrogen-bond acceptors (Lipinski definition) is 2. The summed E-state index contributed by atoms with van der Waals surface area (Å²) >= 11 is 12.5. The molecule has 1 aromatic carbocycles. The molecule has 1 spiro atoms. The topological polar surface area (TPSA) is 18.5 Å². The zero-order valence-electron chi connectivity index (χ0n) is 14.7. The van der Waals surface area contributed by atoms with Gasteiger partial charge in [-0.15, -0.1) is 0 Å². The second-order valence-electron chi connectivity index (χ2n) is 7.29. The molecule has 0 radical (unpaired) electrons. The molecule has 1 heterocycles. The summed E-state index contributed by atoms with van der Waals surface area (Å²) in [6.45, 7) is 6.04. The number of hydrogen-bond donors (Lipinski definition) is 0. The molecule has 0 N–H and O–H groups in total. The average molecular weight is 371 g/mol. The van der Waals surface area contributed by atoms with E-state index in [9.17, 15) is 0 Å². The molecular weight excluding hydrogens is 343 g/mol. The minimum atomic E-state index is -0.329. The number of ether oxygens (including phenoxy) is 2. The first kappa shape index (κ1) is 18.5. The summed E-state index contributed by atoms with van der Waals surface area (Å²) in [7, 11) is 0. The number of benzene rings is 1. The molecule has 1 aliphatic heterocycles. The standard InChI is InChI=1S/C20H28Cl2O2/c1-3-5-15(4-2)19(16-6-7-17(21)18(22)14-16)8-10-20(11-9-19)23-12-13-24-20/h6-7,14-15H,3-5,8-13H2,1-2H3. The van der Waals surface area contributed by atoms with Crippen LogP contribution in [0.25, 0.3) is 0 Å². The molecule has 0 aromatic heterocycles. The smallest absolute Gasteiger partial charge is 0.168 e. The van der Waals surface area contributed by atoms with Crippen LogP contribution in [0.1, 0.15) is 64.4 Å². The van der Waals surface area contributed by atoms with E-state index in [2.05, 4.69) is 26.0 Å². The molecule has 134 valence electrons. The molecule has 1 unspecified atom stereocenters. The maximum absolute atomic E-state index is 6.36. The molecule has 2 aliphatic rings. The van der Waals surface area contributed by atoms with Crippen molar-refractivity contribution in [2.45, 2.75) is 70.0 Å². The van der Waals surface area contributed by atoms with E-state index >= 15 is 0 Å². The molecule has 1 saturated heterocycles. The molecule has 0 amide bonds. The van der Waals surface area contributed by atoms with Crippen molar-refractivity contribution in [3.05, 3.63) is 33.8 Å². The van der Waals surface area contributed by atoms with Crippen molar-refractivity contribution in [1.29, 1.82) is 0 Å². The lowest BCUT2D eigenvalue weighted by molar-refractivity contribution is -0.188. The van der Waals surface area contributed by atoms with Gasteiger partial charge in [0.25, 0.3) is 0 Å². The molecule has 1 atom stereocenters. The van der Waals surface area contributed by atoms with Crippen LogP contribution in [0.5, 0.6) is 0 Å². The molecule has 1 saturated carbocycles. The van der Waals surface area contributed by atoms with Crippen LogP contribution < -0.4 is 0 Å². The second-order valence-corrected chi connectivity index (χ2v) is 8.10. The summed E-state index contributed by atoms with van der Waals surface area (Å²) < 4.78 is 11.9. The quantitative estimate of drug-likeness (QED) is 0.598. The Bertz CT molecular complexity index is 557. The maximum atomic E-state index is 6.36. The second kappa shape index (κ2) is 7.53. The van der Waals surface area contributed by atoms with E-state index in [4.69, 9.17) is 32.7 Å². The lowest BCUT2D eigenvalue weighted by atomic mass is 9.59. The summed E-state index contributed by atoms with van der Waals surface area (Å²) in [5, 5.41) is 1.29. The molecular formula is C20H28Cl2O2. The van der Waals surface area contributed by atoms with Crippen LogP contribution in [0.4, 0.5) is 0 Å². The van der Waals surface area contributed by atoms with Crippen LogP contribution in [0.3, 0.4) is 0 Å². The highest BCUT2D eigenvalue weighted by Crippen LogP contribution is 2.52. The first-order valence-corrected chi connectivity index (χ1v) is 10.0. The summed E-state index contributed by atoms with van der Waals surface area (Å²) in [6, 6.07) is 6.23. The Labute approximate surface area is 155 Å². The molecule has 3 rings (SSSR count). The Morgan fingerprint density at radius 2 is 1.67 bits per heavy atom. The summed E-state index contributed by atoms with van der Waals surface area (Å²) in [5.41, 5.74) is 1.49. The Kier molecular flexibility index (Phi) is 5.81. The van der Waals surface area contributed by atoms with E-state index in [0.717, 1.165) is 38.9 Å².